The molecule has 0 aliphatic heterocycles. The van der Waals surface area contributed by atoms with Crippen molar-refractivity contribution in [3.8, 4) is 0 Å². The minimum atomic E-state index is -0.927. The Morgan fingerprint density at radius 1 is 1.11 bits per heavy atom. The van der Waals surface area contributed by atoms with Crippen LogP contribution in [0.15, 0.2) is 23.8 Å². The van der Waals surface area contributed by atoms with Crippen LogP contribution < -0.4 is 0 Å². The number of carbonyl (C=O) groups is 3. The second-order valence-corrected chi connectivity index (χ2v) is 5.52. The Hall–Kier alpha value is -1.51. The highest BCUT2D eigenvalue weighted by Crippen LogP contribution is 2.38. The van der Waals surface area contributed by atoms with Crippen LogP contribution in [-0.4, -0.2) is 17.3 Å². The van der Waals surface area contributed by atoms with Crippen LogP contribution in [-0.2, 0) is 14.4 Å². The molecule has 0 amide bonds. The highest BCUT2D eigenvalue weighted by atomic mass is 16.2. The highest BCUT2D eigenvalue weighted by molar-refractivity contribution is 6.21. The topological polar surface area (TPSA) is 51.2 Å². The van der Waals surface area contributed by atoms with E-state index in [1.165, 1.54) is 0 Å². The van der Waals surface area contributed by atoms with Gasteiger partial charge in [-0.05, 0) is 25.2 Å². The number of ketones is 3. The van der Waals surface area contributed by atoms with Crippen molar-refractivity contribution < 1.29 is 14.4 Å². The Kier molecular flexibility index (Phi) is 2.77. The van der Waals surface area contributed by atoms with Gasteiger partial charge in [-0.3, -0.25) is 14.4 Å². The van der Waals surface area contributed by atoms with Crippen LogP contribution in [0, 0.1) is 17.8 Å². The molecule has 0 radical (unpaired) electrons. The number of Topliss-reactive ketones (excluding diaryl/α,β-unsaturated/α-hetero) is 3. The summed E-state index contributed by atoms with van der Waals surface area (Å²) in [5.74, 6) is -1.32. The fourth-order valence-electron chi connectivity index (χ4n) is 2.92. The first-order valence-electron chi connectivity index (χ1n) is 6.61. The van der Waals surface area contributed by atoms with Gasteiger partial charge < -0.3 is 0 Å². The van der Waals surface area contributed by atoms with Crippen molar-refractivity contribution in [1.29, 1.82) is 0 Å². The minimum Gasteiger partial charge on any atom is -0.298 e. The van der Waals surface area contributed by atoms with Gasteiger partial charge in [0.1, 0.15) is 5.92 Å². The number of allylic oxidation sites excluding steroid dienone is 4. The average molecular weight is 244 g/mol. The van der Waals surface area contributed by atoms with E-state index in [0.29, 0.717) is 12.8 Å². The number of carbonyl (C=O) groups excluding carboxylic acids is 3. The van der Waals surface area contributed by atoms with Crippen molar-refractivity contribution in [1.82, 2.24) is 0 Å². The van der Waals surface area contributed by atoms with E-state index in [1.54, 1.807) is 0 Å². The summed E-state index contributed by atoms with van der Waals surface area (Å²) in [5.41, 5.74) is 1.16. The zero-order valence-corrected chi connectivity index (χ0v) is 10.2. The maximum atomic E-state index is 12.1. The first-order chi connectivity index (χ1) is 8.66. The summed E-state index contributed by atoms with van der Waals surface area (Å²) in [6.45, 7) is 0. The van der Waals surface area contributed by atoms with E-state index in [0.717, 1.165) is 24.8 Å². The number of hydrogen-bond donors (Lipinski definition) is 0. The van der Waals surface area contributed by atoms with Crippen molar-refractivity contribution in [3.05, 3.63) is 23.8 Å². The molecule has 0 atom stereocenters. The molecule has 2 fully saturated rings. The normalized spacial score (nSPS) is 31.7. The Balaban J connectivity index is 1.73. The van der Waals surface area contributed by atoms with Crippen LogP contribution in [0.25, 0.3) is 0 Å². The molecule has 0 bridgehead atoms. The van der Waals surface area contributed by atoms with Crippen LogP contribution in [0.5, 0.6) is 0 Å². The van der Waals surface area contributed by atoms with Gasteiger partial charge in [0.2, 0.25) is 0 Å². The zero-order chi connectivity index (χ0) is 12.7. The molecule has 0 unspecified atom stereocenters. The Morgan fingerprint density at radius 3 is 2.28 bits per heavy atom. The molecule has 3 heteroatoms. The molecule has 0 spiro atoms. The molecule has 94 valence electrons. The van der Waals surface area contributed by atoms with Gasteiger partial charge in [0.05, 0.1) is 0 Å². The molecular weight excluding hydrogens is 228 g/mol. The SMILES string of the molecule is O=C1CC(C2=CC=CC2)CC(=O)C1C(=O)C1CC1. The summed E-state index contributed by atoms with van der Waals surface area (Å²) >= 11 is 0. The molecule has 3 aliphatic rings. The fourth-order valence-corrected chi connectivity index (χ4v) is 2.92. The van der Waals surface area contributed by atoms with Crippen molar-refractivity contribution in [3.63, 3.8) is 0 Å². The fraction of sp³-hybridized carbons (Fsp3) is 0.533. The van der Waals surface area contributed by atoms with Gasteiger partial charge in [-0.25, -0.2) is 0 Å². The predicted molar refractivity (Wildman–Crippen MR) is 65.8 cm³/mol. The van der Waals surface area contributed by atoms with Crippen LogP contribution in [0.3, 0.4) is 0 Å². The Bertz CT molecular complexity index is 462. The molecule has 0 N–H and O–H groups in total. The lowest BCUT2D eigenvalue weighted by molar-refractivity contribution is -0.143. The lowest BCUT2D eigenvalue weighted by atomic mass is 9.74. The van der Waals surface area contributed by atoms with Gasteiger partial charge in [0, 0.05) is 18.8 Å². The maximum absolute atomic E-state index is 12.1. The molecule has 3 nitrogen and oxygen atoms in total. The van der Waals surface area contributed by atoms with Gasteiger partial charge >= 0.3 is 0 Å². The van der Waals surface area contributed by atoms with Crippen molar-refractivity contribution >= 4 is 17.3 Å². The minimum absolute atomic E-state index is 0.00758. The van der Waals surface area contributed by atoms with Crippen LogP contribution >= 0.6 is 0 Å². The molecule has 2 saturated carbocycles. The smallest absolute Gasteiger partial charge is 0.153 e. The third kappa shape index (κ3) is 1.98. The lowest BCUT2D eigenvalue weighted by Gasteiger charge is -2.26. The molecular formula is C15H16O3. The molecule has 18 heavy (non-hydrogen) atoms. The molecule has 0 aromatic heterocycles. The summed E-state index contributed by atoms with van der Waals surface area (Å²) in [5, 5.41) is 0. The van der Waals surface area contributed by atoms with E-state index >= 15 is 0 Å². The molecule has 0 saturated heterocycles. The summed E-state index contributed by atoms with van der Waals surface area (Å²) in [4.78, 5) is 36.1. The second-order valence-electron chi connectivity index (χ2n) is 5.52. The molecule has 0 aromatic rings. The van der Waals surface area contributed by atoms with Crippen molar-refractivity contribution in [2.45, 2.75) is 32.1 Å². The van der Waals surface area contributed by atoms with E-state index < -0.39 is 5.92 Å². The summed E-state index contributed by atoms with van der Waals surface area (Å²) in [7, 11) is 0. The quantitative estimate of drug-likeness (QED) is 0.714. The third-order valence-corrected chi connectivity index (χ3v) is 4.13. The Morgan fingerprint density at radius 2 is 1.78 bits per heavy atom. The van der Waals surface area contributed by atoms with Gasteiger partial charge in [-0.1, -0.05) is 23.8 Å². The van der Waals surface area contributed by atoms with Crippen molar-refractivity contribution in [2.75, 3.05) is 0 Å². The summed E-state index contributed by atoms with van der Waals surface area (Å²) in [6, 6.07) is 0. The first-order valence-corrected chi connectivity index (χ1v) is 6.61. The van der Waals surface area contributed by atoms with Gasteiger partial charge in [0.25, 0.3) is 0 Å². The van der Waals surface area contributed by atoms with E-state index in [-0.39, 0.29) is 29.2 Å². The van der Waals surface area contributed by atoms with E-state index in [9.17, 15) is 14.4 Å². The monoisotopic (exact) mass is 244 g/mol. The summed E-state index contributed by atoms with van der Waals surface area (Å²) in [6.07, 6.45) is 9.27. The second kappa shape index (κ2) is 4.30. The zero-order valence-electron chi connectivity index (χ0n) is 10.2. The largest absolute Gasteiger partial charge is 0.298 e. The third-order valence-electron chi connectivity index (χ3n) is 4.13. The molecule has 3 rings (SSSR count). The standard InChI is InChI=1S/C15H16O3/c16-12-7-11(9-3-1-2-4-9)8-13(17)14(12)15(18)10-5-6-10/h1-3,10-11,14H,4-8H2. The highest BCUT2D eigenvalue weighted by Gasteiger charge is 2.45. The first kappa shape index (κ1) is 11.6. The van der Waals surface area contributed by atoms with Crippen molar-refractivity contribution in [2.24, 2.45) is 17.8 Å². The van der Waals surface area contributed by atoms with E-state index in [1.807, 2.05) is 18.2 Å². The molecule has 3 aliphatic carbocycles. The maximum Gasteiger partial charge on any atom is 0.153 e. The van der Waals surface area contributed by atoms with Gasteiger partial charge in [0.15, 0.2) is 17.3 Å². The van der Waals surface area contributed by atoms with Crippen LogP contribution in [0.1, 0.15) is 32.1 Å². The van der Waals surface area contributed by atoms with Gasteiger partial charge in [-0.2, -0.15) is 0 Å². The predicted octanol–water partition coefficient (Wildman–Crippen LogP) is 2.02. The van der Waals surface area contributed by atoms with E-state index in [2.05, 4.69) is 0 Å². The molecule has 0 heterocycles. The summed E-state index contributed by atoms with van der Waals surface area (Å²) < 4.78 is 0. The Labute approximate surface area is 106 Å². The van der Waals surface area contributed by atoms with Crippen LogP contribution in [0.2, 0.25) is 0 Å². The number of rotatable bonds is 3. The van der Waals surface area contributed by atoms with Gasteiger partial charge in [-0.15, -0.1) is 0 Å². The molecule has 0 aromatic carbocycles. The average Bonchev–Trinajstić information content (AvgIpc) is 3.03. The number of hydrogen-bond acceptors (Lipinski definition) is 3. The van der Waals surface area contributed by atoms with Crippen LogP contribution in [0.4, 0.5) is 0 Å². The lowest BCUT2D eigenvalue weighted by Crippen LogP contribution is -2.39. The van der Waals surface area contributed by atoms with E-state index in [4.69, 9.17) is 0 Å².